The van der Waals surface area contributed by atoms with Crippen molar-refractivity contribution >= 4 is 33.3 Å². The van der Waals surface area contributed by atoms with Crippen LogP contribution >= 0.6 is 15.9 Å². The molecule has 0 aliphatic carbocycles. The van der Waals surface area contributed by atoms with Gasteiger partial charge in [0, 0.05) is 28.3 Å². The molecule has 0 spiro atoms. The lowest BCUT2D eigenvalue weighted by molar-refractivity contribution is -0.122. The Labute approximate surface area is 127 Å². The van der Waals surface area contributed by atoms with Crippen molar-refractivity contribution in [3.63, 3.8) is 0 Å². The summed E-state index contributed by atoms with van der Waals surface area (Å²) < 4.78 is 0.788. The molecule has 1 aromatic carbocycles. The summed E-state index contributed by atoms with van der Waals surface area (Å²) >= 11 is 3.44. The van der Waals surface area contributed by atoms with Crippen LogP contribution in [0, 0.1) is 5.92 Å². The van der Waals surface area contributed by atoms with Crippen LogP contribution in [-0.2, 0) is 4.79 Å². The van der Waals surface area contributed by atoms with Gasteiger partial charge in [0.15, 0.2) is 5.78 Å². The highest BCUT2D eigenvalue weighted by atomic mass is 79.9. The number of benzene rings is 1. The smallest absolute Gasteiger partial charge is 0.222 e. The van der Waals surface area contributed by atoms with Crippen LogP contribution in [0.1, 0.15) is 37.0 Å². The summed E-state index contributed by atoms with van der Waals surface area (Å²) in [4.78, 5) is 25.0. The third-order valence-electron chi connectivity index (χ3n) is 3.95. The van der Waals surface area contributed by atoms with Crippen LogP contribution in [0.15, 0.2) is 22.7 Å². The molecule has 0 saturated carbocycles. The molecule has 20 heavy (non-hydrogen) atoms. The highest BCUT2D eigenvalue weighted by Gasteiger charge is 2.29. The second kappa shape index (κ2) is 5.95. The van der Waals surface area contributed by atoms with Gasteiger partial charge in [-0.05, 0) is 60.8 Å². The molecule has 2 rings (SSSR count). The lowest BCUT2D eigenvalue weighted by Crippen LogP contribution is -2.45. The van der Waals surface area contributed by atoms with Gasteiger partial charge >= 0.3 is 0 Å². The van der Waals surface area contributed by atoms with Crippen molar-refractivity contribution in [2.45, 2.75) is 32.7 Å². The normalized spacial score (nSPS) is 22.6. The monoisotopic (exact) mass is 338 g/mol. The molecule has 4 nitrogen and oxygen atoms in total. The topological polar surface area (TPSA) is 63.4 Å². The Bertz CT molecular complexity index is 545. The molecule has 5 heteroatoms. The van der Waals surface area contributed by atoms with Crippen molar-refractivity contribution in [1.29, 1.82) is 0 Å². The van der Waals surface area contributed by atoms with Gasteiger partial charge in [-0.25, -0.2) is 0 Å². The molecule has 0 bridgehead atoms. The molecule has 1 aliphatic rings. The standard InChI is InChI=1S/C15H19BrN2O2/c1-9-3-4-11(15(17)20)8-18(9)12-5-6-13(10(2)19)14(16)7-12/h5-7,9,11H,3-4,8H2,1-2H3,(H2,17,20). The molecule has 0 radical (unpaired) electrons. The van der Waals surface area contributed by atoms with Crippen LogP contribution < -0.4 is 10.6 Å². The first kappa shape index (κ1) is 15.0. The van der Waals surface area contributed by atoms with E-state index in [1.165, 1.54) is 0 Å². The minimum absolute atomic E-state index is 0.0325. The SMILES string of the molecule is CC(=O)c1ccc(N2CC(C(N)=O)CCC2C)cc1Br. The van der Waals surface area contributed by atoms with Crippen LogP contribution in [0.2, 0.25) is 0 Å². The first-order chi connectivity index (χ1) is 9.40. The number of hydrogen-bond donors (Lipinski definition) is 1. The van der Waals surface area contributed by atoms with Crippen molar-refractivity contribution < 1.29 is 9.59 Å². The molecule has 2 N–H and O–H groups in total. The largest absolute Gasteiger partial charge is 0.369 e. The number of primary amides is 1. The number of hydrogen-bond acceptors (Lipinski definition) is 3. The number of nitrogens with zero attached hydrogens (tertiary/aromatic N) is 1. The average Bonchev–Trinajstić information content (AvgIpc) is 2.38. The number of ketones is 1. The van der Waals surface area contributed by atoms with Gasteiger partial charge in [0.05, 0.1) is 5.92 Å². The quantitative estimate of drug-likeness (QED) is 0.862. The molecule has 1 saturated heterocycles. The van der Waals surface area contributed by atoms with E-state index in [1.807, 2.05) is 18.2 Å². The fourth-order valence-corrected chi connectivity index (χ4v) is 3.31. The zero-order valence-corrected chi connectivity index (χ0v) is 13.3. The number of halogens is 1. The Kier molecular flexibility index (Phi) is 4.48. The molecule has 2 atom stereocenters. The van der Waals surface area contributed by atoms with Gasteiger partial charge in [-0.2, -0.15) is 0 Å². The summed E-state index contributed by atoms with van der Waals surface area (Å²) in [6.45, 7) is 4.33. The zero-order chi connectivity index (χ0) is 14.9. The number of Topliss-reactive ketones (excluding diaryl/α,β-unsaturated/α-hetero) is 1. The molecule has 1 heterocycles. The van der Waals surface area contributed by atoms with Gasteiger partial charge in [0.25, 0.3) is 0 Å². The summed E-state index contributed by atoms with van der Waals surface area (Å²) in [7, 11) is 0. The van der Waals surface area contributed by atoms with Crippen molar-refractivity contribution in [2.24, 2.45) is 11.7 Å². The van der Waals surface area contributed by atoms with Gasteiger partial charge in [-0.3, -0.25) is 9.59 Å². The van der Waals surface area contributed by atoms with Crippen LogP contribution in [0.5, 0.6) is 0 Å². The van der Waals surface area contributed by atoms with Crippen molar-refractivity contribution in [3.05, 3.63) is 28.2 Å². The fraction of sp³-hybridized carbons (Fsp3) is 0.467. The predicted molar refractivity (Wildman–Crippen MR) is 82.9 cm³/mol. The van der Waals surface area contributed by atoms with E-state index < -0.39 is 0 Å². The third-order valence-corrected chi connectivity index (χ3v) is 4.60. The van der Waals surface area contributed by atoms with E-state index >= 15 is 0 Å². The molecule has 0 aromatic heterocycles. The van der Waals surface area contributed by atoms with Crippen LogP contribution in [0.4, 0.5) is 5.69 Å². The summed E-state index contributed by atoms with van der Waals surface area (Å²) in [5.74, 6) is -0.302. The Morgan fingerprint density at radius 2 is 2.05 bits per heavy atom. The van der Waals surface area contributed by atoms with Crippen molar-refractivity contribution in [1.82, 2.24) is 0 Å². The Morgan fingerprint density at radius 3 is 2.60 bits per heavy atom. The van der Waals surface area contributed by atoms with Gasteiger partial charge in [0.2, 0.25) is 5.91 Å². The van der Waals surface area contributed by atoms with Crippen molar-refractivity contribution in [3.8, 4) is 0 Å². The number of piperidine rings is 1. The summed E-state index contributed by atoms with van der Waals surface area (Å²) in [6, 6.07) is 6.06. The maximum Gasteiger partial charge on any atom is 0.222 e. The second-order valence-electron chi connectivity index (χ2n) is 5.40. The molecule has 1 aromatic rings. The fourth-order valence-electron chi connectivity index (χ4n) is 2.67. The van der Waals surface area contributed by atoms with E-state index in [0.717, 1.165) is 23.0 Å². The van der Waals surface area contributed by atoms with E-state index in [9.17, 15) is 9.59 Å². The first-order valence-corrected chi connectivity index (χ1v) is 7.56. The third kappa shape index (κ3) is 3.03. The second-order valence-corrected chi connectivity index (χ2v) is 6.25. The number of nitrogens with two attached hydrogens (primary N) is 1. The lowest BCUT2D eigenvalue weighted by Gasteiger charge is -2.38. The number of rotatable bonds is 3. The van der Waals surface area contributed by atoms with Gasteiger partial charge in [-0.15, -0.1) is 0 Å². The van der Waals surface area contributed by atoms with Gasteiger partial charge in [0.1, 0.15) is 0 Å². The molecule has 1 aliphatic heterocycles. The number of anilines is 1. The maximum absolute atomic E-state index is 11.5. The summed E-state index contributed by atoms with van der Waals surface area (Å²) in [6.07, 6.45) is 1.79. The maximum atomic E-state index is 11.5. The van der Waals surface area contributed by atoms with E-state index in [-0.39, 0.29) is 17.6 Å². The number of carbonyl (C=O) groups is 2. The van der Waals surface area contributed by atoms with Crippen LogP contribution in [-0.4, -0.2) is 24.3 Å². The van der Waals surface area contributed by atoms with Crippen molar-refractivity contribution in [2.75, 3.05) is 11.4 Å². The van der Waals surface area contributed by atoms with Gasteiger partial charge < -0.3 is 10.6 Å². The Hall–Kier alpha value is -1.36. The Morgan fingerprint density at radius 1 is 1.35 bits per heavy atom. The van der Waals surface area contributed by atoms with Gasteiger partial charge in [-0.1, -0.05) is 0 Å². The highest BCUT2D eigenvalue weighted by Crippen LogP contribution is 2.31. The van der Waals surface area contributed by atoms with E-state index in [0.29, 0.717) is 18.2 Å². The molecule has 1 amide bonds. The average molecular weight is 339 g/mol. The Balaban J connectivity index is 2.27. The van der Waals surface area contributed by atoms with E-state index in [2.05, 4.69) is 27.8 Å². The highest BCUT2D eigenvalue weighted by molar-refractivity contribution is 9.10. The number of carbonyl (C=O) groups excluding carboxylic acids is 2. The van der Waals surface area contributed by atoms with Crippen LogP contribution in [0.3, 0.4) is 0 Å². The lowest BCUT2D eigenvalue weighted by atomic mass is 9.92. The summed E-state index contributed by atoms with van der Waals surface area (Å²) in [5.41, 5.74) is 7.11. The number of amides is 1. The molecule has 1 fully saturated rings. The molecule has 2 unspecified atom stereocenters. The molecular weight excluding hydrogens is 320 g/mol. The first-order valence-electron chi connectivity index (χ1n) is 6.76. The van der Waals surface area contributed by atoms with E-state index in [4.69, 9.17) is 5.73 Å². The molecule has 108 valence electrons. The minimum Gasteiger partial charge on any atom is -0.369 e. The molecular formula is C15H19BrN2O2. The van der Waals surface area contributed by atoms with E-state index in [1.54, 1.807) is 6.92 Å². The predicted octanol–water partition coefficient (Wildman–Crippen LogP) is 2.74. The minimum atomic E-state index is -0.235. The zero-order valence-electron chi connectivity index (χ0n) is 11.7. The summed E-state index contributed by atoms with van der Waals surface area (Å²) in [5, 5.41) is 0. The van der Waals surface area contributed by atoms with Crippen LogP contribution in [0.25, 0.3) is 0 Å².